The zero-order valence-corrected chi connectivity index (χ0v) is 46.9. The molecule has 4 atom stereocenters. The Bertz CT molecular complexity index is 3790. The van der Waals surface area contributed by atoms with Gasteiger partial charge >= 0.3 is 0 Å². The molecule has 0 aliphatic carbocycles. The number of halogens is 2. The summed E-state index contributed by atoms with van der Waals surface area (Å²) in [5, 5.41) is 22.3. The SMILES string of the molecule is CC1=CC(Nc2cc(C)nc(-c3ccc(N4CC5CC(C4)N5)nc3)n2)=NC1.Cc1cc(Cc2cc(C)[nH]n2)nc(-c2ccc(N3CC4CC(C3)N4Cc3ccc(-n4cc(F)c(C)n4)nc3)nc2)n1.Cc1nn(-c2ccc(C=O)cn2)cc1F. The van der Waals surface area contributed by atoms with Crippen LogP contribution in [0, 0.1) is 46.3 Å². The number of nitrogens with one attached hydrogen (secondary N) is 3. The van der Waals surface area contributed by atoms with E-state index in [4.69, 9.17) is 9.97 Å². The fourth-order valence-corrected chi connectivity index (χ4v) is 10.9. The van der Waals surface area contributed by atoms with Gasteiger partial charge in [-0.3, -0.25) is 19.8 Å². The maximum atomic E-state index is 13.7. The van der Waals surface area contributed by atoms with Crippen molar-refractivity contribution in [2.75, 3.05) is 47.8 Å². The summed E-state index contributed by atoms with van der Waals surface area (Å²) in [7, 11) is 0. The maximum absolute atomic E-state index is 13.7. The van der Waals surface area contributed by atoms with Crippen LogP contribution < -0.4 is 20.4 Å². The first-order valence-electron chi connectivity index (χ1n) is 27.7. The molecule has 6 saturated heterocycles. The minimum Gasteiger partial charge on any atom is -0.353 e. The van der Waals surface area contributed by atoms with E-state index in [1.54, 1.807) is 26.0 Å². The van der Waals surface area contributed by atoms with E-state index in [0.717, 1.165) is 108 Å². The molecule has 9 aromatic heterocycles. The van der Waals surface area contributed by atoms with Crippen molar-refractivity contribution < 1.29 is 13.6 Å². The largest absolute Gasteiger partial charge is 0.353 e. The molecule has 3 N–H and O–H groups in total. The maximum Gasteiger partial charge on any atom is 0.164 e. The van der Waals surface area contributed by atoms with Crippen LogP contribution in [0.1, 0.15) is 75.5 Å². The Balaban J connectivity index is 0.000000138. The number of hydrogen-bond donors (Lipinski definition) is 3. The molecule has 0 saturated carbocycles. The van der Waals surface area contributed by atoms with Crippen LogP contribution in [0.4, 0.5) is 26.2 Å². The molecule has 7 aliphatic heterocycles. The summed E-state index contributed by atoms with van der Waals surface area (Å²) in [5.74, 6) is 5.37. The van der Waals surface area contributed by atoms with Crippen LogP contribution in [0.2, 0.25) is 0 Å². The molecule has 0 aromatic carbocycles. The summed E-state index contributed by atoms with van der Waals surface area (Å²) < 4.78 is 29.5. The number of nitrogens with zero attached hydrogens (tertiary/aromatic N) is 17. The number of aliphatic imine (C=N–C) groups is 1. The second kappa shape index (κ2) is 23.3. The van der Waals surface area contributed by atoms with Gasteiger partial charge in [-0.15, -0.1) is 0 Å². The highest BCUT2D eigenvalue weighted by Gasteiger charge is 2.45. The van der Waals surface area contributed by atoms with Crippen LogP contribution in [0.15, 0.2) is 121 Å². The van der Waals surface area contributed by atoms with Crippen LogP contribution in [-0.4, -0.2) is 144 Å². The second-order valence-electron chi connectivity index (χ2n) is 21.8. The number of aromatic amines is 1. The number of H-pyrrole nitrogens is 1. The number of anilines is 3. The number of carbonyl (C=O) groups is 1. The lowest BCUT2D eigenvalue weighted by Crippen LogP contribution is -2.68. The van der Waals surface area contributed by atoms with Crippen LogP contribution in [0.3, 0.4) is 0 Å². The molecular formula is C60H62F2N20O. The first-order chi connectivity index (χ1) is 40.2. The first kappa shape index (κ1) is 54.2. The number of pyridine rings is 4. The third kappa shape index (κ3) is 12.5. The normalized spacial score (nSPS) is 18.7. The van der Waals surface area contributed by atoms with Crippen molar-refractivity contribution in [1.29, 1.82) is 0 Å². The molecule has 4 unspecified atom stereocenters. The lowest BCUT2D eigenvalue weighted by atomic mass is 9.87. The number of hydrogen-bond acceptors (Lipinski definition) is 18. The summed E-state index contributed by atoms with van der Waals surface area (Å²) in [4.78, 5) is 58.8. The third-order valence-corrected chi connectivity index (χ3v) is 15.2. The van der Waals surface area contributed by atoms with Crippen molar-refractivity contribution >= 4 is 29.6 Å². The fraction of sp³-hybridized carbons (Fsp3) is 0.317. The van der Waals surface area contributed by atoms with E-state index in [2.05, 4.69) is 118 Å². The van der Waals surface area contributed by atoms with Crippen LogP contribution >= 0.6 is 0 Å². The van der Waals surface area contributed by atoms with E-state index in [1.807, 2.05) is 69.7 Å². The number of aromatic nitrogens is 14. The quantitative estimate of drug-likeness (QED) is 0.0997. The van der Waals surface area contributed by atoms with Gasteiger partial charge in [0.15, 0.2) is 41.2 Å². The van der Waals surface area contributed by atoms with E-state index < -0.39 is 0 Å². The molecule has 0 amide bonds. The van der Waals surface area contributed by atoms with Gasteiger partial charge in [0, 0.05) is 128 Å². The molecular weight excluding hydrogens is 1050 g/mol. The number of piperidine rings is 2. The number of aldehydes is 1. The van der Waals surface area contributed by atoms with Gasteiger partial charge in [0.05, 0.1) is 41.7 Å². The number of piperazine rings is 2. The zero-order chi connectivity index (χ0) is 57.3. The summed E-state index contributed by atoms with van der Waals surface area (Å²) in [6.07, 6.45) is 15.5. The minimum absolute atomic E-state index is 0.316. The highest BCUT2D eigenvalue weighted by molar-refractivity contribution is 6.05. The molecule has 7 aliphatic rings. The van der Waals surface area contributed by atoms with E-state index in [0.29, 0.717) is 77.1 Å². The van der Waals surface area contributed by atoms with Crippen molar-refractivity contribution in [3.05, 3.63) is 178 Å². The number of fused-ring (bicyclic) bond motifs is 4. The molecule has 4 bridgehead atoms. The summed E-state index contributed by atoms with van der Waals surface area (Å²) in [5.41, 5.74) is 10.1. The van der Waals surface area contributed by atoms with Gasteiger partial charge in [-0.2, -0.15) is 15.3 Å². The lowest BCUT2D eigenvalue weighted by molar-refractivity contribution is -0.00875. The molecule has 9 aromatic rings. The first-order valence-corrected chi connectivity index (χ1v) is 27.7. The van der Waals surface area contributed by atoms with E-state index >= 15 is 0 Å². The number of amidine groups is 1. The minimum atomic E-state index is -0.378. The van der Waals surface area contributed by atoms with Gasteiger partial charge in [-0.25, -0.2) is 58.0 Å². The van der Waals surface area contributed by atoms with Gasteiger partial charge in [-0.05, 0) is 126 Å². The predicted molar refractivity (Wildman–Crippen MR) is 311 cm³/mol. The molecule has 6 fully saturated rings. The average Bonchev–Trinajstić information content (AvgIpc) is 4.31. The molecule has 16 rings (SSSR count). The fourth-order valence-electron chi connectivity index (χ4n) is 10.9. The smallest absolute Gasteiger partial charge is 0.164 e. The Labute approximate surface area is 478 Å². The van der Waals surface area contributed by atoms with E-state index in [-0.39, 0.29) is 11.6 Å². The molecule has 16 heterocycles. The van der Waals surface area contributed by atoms with Gasteiger partial charge in [0.2, 0.25) is 0 Å². The van der Waals surface area contributed by atoms with Crippen LogP contribution in [0.5, 0.6) is 0 Å². The Morgan fingerprint density at radius 1 is 0.639 bits per heavy atom. The lowest BCUT2D eigenvalue weighted by Gasteiger charge is -2.56. The number of aryl methyl sites for hydroxylation is 5. The molecule has 23 heteroatoms. The standard InChI is InChI=1S/C30H31FN10.C20H23N7.C10H8FN3O/c1-18-8-23(10-24-9-19(2)36-37-24)35-30(34-18)22-5-7-28(33-13-22)39-15-25-11-26(16-39)40(25)14-21-4-6-29(32-12-21)41-17-27(31)20(3)38-41;1-12-5-17(21-8-12)25-18-6-13(2)23-20(26-18)14-3-4-19(22-9-14)27-10-15-7-16(11-27)24-15;1-7-9(11)5-14(13-7)10-3-2-8(6-15)4-12-10/h4-9,12-13,17,25-26H,10-11,14-16H2,1-3H3,(H,36,37);3-6,9,15-16,24H,7-8,10-11H2,1-2H3,(H,21,23,25,26);2-6H,1H3. The highest BCUT2D eigenvalue weighted by atomic mass is 19.1. The predicted octanol–water partition coefficient (Wildman–Crippen LogP) is 7.66. The highest BCUT2D eigenvalue weighted by Crippen LogP contribution is 2.36. The van der Waals surface area contributed by atoms with Crippen molar-refractivity contribution in [3.8, 4) is 34.4 Å². The average molecular weight is 1120 g/mol. The summed E-state index contributed by atoms with van der Waals surface area (Å²) in [6, 6.07) is 23.6. The van der Waals surface area contributed by atoms with Gasteiger partial charge in [0.25, 0.3) is 0 Å². The summed E-state index contributed by atoms with van der Waals surface area (Å²) in [6.45, 7) is 16.8. The van der Waals surface area contributed by atoms with Crippen molar-refractivity contribution in [2.45, 2.75) is 91.5 Å². The van der Waals surface area contributed by atoms with E-state index in [1.165, 1.54) is 46.4 Å². The van der Waals surface area contributed by atoms with Gasteiger partial charge < -0.3 is 20.4 Å². The molecule has 0 radical (unpaired) electrons. The van der Waals surface area contributed by atoms with Crippen LogP contribution in [0.25, 0.3) is 34.4 Å². The summed E-state index contributed by atoms with van der Waals surface area (Å²) >= 11 is 0. The Morgan fingerprint density at radius 2 is 1.23 bits per heavy atom. The molecule has 422 valence electrons. The zero-order valence-electron chi connectivity index (χ0n) is 46.9. The third-order valence-electron chi connectivity index (χ3n) is 15.2. The van der Waals surface area contributed by atoms with E-state index in [9.17, 15) is 13.6 Å². The Kier molecular flexibility index (Phi) is 15.2. The van der Waals surface area contributed by atoms with Crippen molar-refractivity contribution in [1.82, 2.24) is 79.8 Å². The number of carbonyl (C=O) groups excluding carboxylic acids is 1. The topological polar surface area (TPSA) is 231 Å². The number of rotatable bonds is 12. The second-order valence-corrected chi connectivity index (χ2v) is 21.8. The Morgan fingerprint density at radius 3 is 1.75 bits per heavy atom. The van der Waals surface area contributed by atoms with Gasteiger partial charge in [-0.1, -0.05) is 6.07 Å². The monoisotopic (exact) mass is 1120 g/mol. The Hall–Kier alpha value is -9.35. The molecule has 21 nitrogen and oxygen atoms in total. The van der Waals surface area contributed by atoms with Gasteiger partial charge in [0.1, 0.15) is 23.3 Å². The van der Waals surface area contributed by atoms with Crippen LogP contribution in [-0.2, 0) is 13.0 Å². The molecule has 0 spiro atoms. The van der Waals surface area contributed by atoms with Crippen molar-refractivity contribution in [3.63, 3.8) is 0 Å². The molecule has 83 heavy (non-hydrogen) atoms. The van der Waals surface area contributed by atoms with Crippen molar-refractivity contribution in [2.24, 2.45) is 4.99 Å².